The van der Waals surface area contributed by atoms with Crippen molar-refractivity contribution in [1.82, 2.24) is 24.6 Å². The number of carbonyl (C=O) groups is 1. The van der Waals surface area contributed by atoms with E-state index in [1.807, 2.05) is 32.1 Å². The molecule has 1 saturated heterocycles. The van der Waals surface area contributed by atoms with Crippen molar-refractivity contribution in [1.29, 1.82) is 0 Å². The fourth-order valence-electron chi connectivity index (χ4n) is 4.67. The molecule has 0 radical (unpaired) electrons. The number of allylic oxidation sites excluding steroid dienone is 1. The summed E-state index contributed by atoms with van der Waals surface area (Å²) < 4.78 is 8.60. The number of piperazine rings is 1. The fourth-order valence-corrected chi connectivity index (χ4v) is 5.00. The van der Waals surface area contributed by atoms with Crippen molar-refractivity contribution >= 4 is 35.2 Å². The summed E-state index contributed by atoms with van der Waals surface area (Å²) in [5.74, 6) is 0.363. The molecule has 1 amide bonds. The smallest absolute Gasteiger partial charge is 0.265 e. The molecule has 1 aliphatic rings. The molecule has 0 atom stereocenters. The summed E-state index contributed by atoms with van der Waals surface area (Å²) in [6.07, 6.45) is 3.60. The van der Waals surface area contributed by atoms with Gasteiger partial charge in [-0.1, -0.05) is 28.8 Å². The molecule has 0 unspecified atom stereocenters. The number of hydrogen-bond acceptors (Lipinski definition) is 5. The Kier molecular flexibility index (Phi) is 8.12. The molecule has 40 heavy (non-hydrogen) atoms. The average Bonchev–Trinajstić information content (AvgIpc) is 3.44. The molecule has 5 rings (SSSR count). The second kappa shape index (κ2) is 11.7. The van der Waals surface area contributed by atoms with Crippen LogP contribution in [0.2, 0.25) is 10.0 Å². The van der Waals surface area contributed by atoms with Crippen LogP contribution >= 0.6 is 23.2 Å². The molecule has 3 heterocycles. The largest absolute Gasteiger partial charge is 0.497 e. The summed E-state index contributed by atoms with van der Waals surface area (Å²) in [6, 6.07) is 15.7. The Bertz CT molecular complexity index is 1650. The number of methoxy groups -OCH3 is 1. The van der Waals surface area contributed by atoms with Gasteiger partial charge in [-0.15, -0.1) is 0 Å². The van der Waals surface area contributed by atoms with Gasteiger partial charge in [-0.05, 0) is 68.5 Å². The number of aromatic nitrogens is 3. The number of hydrogen-bond donors (Lipinski definition) is 1. The summed E-state index contributed by atoms with van der Waals surface area (Å²) in [5, 5.41) is 8.92. The zero-order valence-corrected chi connectivity index (χ0v) is 24.0. The fraction of sp³-hybridized carbons (Fsp3) is 0.233. The van der Waals surface area contributed by atoms with Crippen molar-refractivity contribution < 1.29 is 9.53 Å². The Morgan fingerprint density at radius 3 is 2.42 bits per heavy atom. The third-order valence-electron chi connectivity index (χ3n) is 6.65. The standard InChI is InChI=1S/C30H29Cl2N5O3/c1-19(2)16-27-24(29(38)35-14-11-33-12-15-35)18-23(26-10-13-36(34-26)21-6-4-20(31)5-7-21)30(39)37(27)28-17-22(40-3)8-9-25(28)32/h4-10,13,16-18,33H,11-12,14-15H2,1-3H3. The van der Waals surface area contributed by atoms with E-state index in [1.165, 1.54) is 4.57 Å². The van der Waals surface area contributed by atoms with E-state index in [2.05, 4.69) is 10.4 Å². The van der Waals surface area contributed by atoms with Gasteiger partial charge in [-0.2, -0.15) is 5.10 Å². The van der Waals surface area contributed by atoms with Gasteiger partial charge in [-0.25, -0.2) is 4.68 Å². The molecule has 1 aliphatic heterocycles. The van der Waals surface area contributed by atoms with E-state index in [0.717, 1.165) is 11.3 Å². The van der Waals surface area contributed by atoms with E-state index < -0.39 is 0 Å². The van der Waals surface area contributed by atoms with Crippen LogP contribution in [0.1, 0.15) is 29.9 Å². The van der Waals surface area contributed by atoms with Crippen molar-refractivity contribution in [3.63, 3.8) is 0 Å². The highest BCUT2D eigenvalue weighted by Gasteiger charge is 2.26. The molecular formula is C30H29Cl2N5O3. The molecule has 10 heteroatoms. The SMILES string of the molecule is COc1ccc(Cl)c(-n2c(C=C(C)C)c(C(=O)N3CCNCC3)cc(-c3ccn(-c4ccc(Cl)cc4)n3)c2=O)c1. The summed E-state index contributed by atoms with van der Waals surface area (Å²) in [5.41, 5.74) is 3.28. The number of carbonyl (C=O) groups excluding carboxylic acids is 1. The van der Waals surface area contributed by atoms with Gasteiger partial charge >= 0.3 is 0 Å². The van der Waals surface area contributed by atoms with Crippen LogP contribution in [-0.4, -0.2) is 58.4 Å². The summed E-state index contributed by atoms with van der Waals surface area (Å²) >= 11 is 12.7. The lowest BCUT2D eigenvalue weighted by atomic mass is 10.0. The maximum Gasteiger partial charge on any atom is 0.265 e. The van der Waals surface area contributed by atoms with Gasteiger partial charge < -0.3 is 15.0 Å². The van der Waals surface area contributed by atoms with Crippen LogP contribution in [-0.2, 0) is 0 Å². The Morgan fingerprint density at radius 2 is 1.75 bits per heavy atom. The highest BCUT2D eigenvalue weighted by molar-refractivity contribution is 6.32. The van der Waals surface area contributed by atoms with Crippen LogP contribution in [0, 0.1) is 0 Å². The first-order valence-corrected chi connectivity index (χ1v) is 13.6. The number of ether oxygens (including phenoxy) is 1. The minimum atomic E-state index is -0.360. The van der Waals surface area contributed by atoms with Gasteiger partial charge in [0, 0.05) is 43.5 Å². The Labute approximate surface area is 242 Å². The number of benzene rings is 2. The van der Waals surface area contributed by atoms with Crippen molar-refractivity contribution in [2.75, 3.05) is 33.3 Å². The Balaban J connectivity index is 1.78. The third-order valence-corrected chi connectivity index (χ3v) is 7.22. The lowest BCUT2D eigenvalue weighted by Crippen LogP contribution is -2.47. The van der Waals surface area contributed by atoms with Gasteiger partial charge in [-0.3, -0.25) is 14.2 Å². The van der Waals surface area contributed by atoms with Gasteiger partial charge in [0.2, 0.25) is 0 Å². The number of halogens is 2. The van der Waals surface area contributed by atoms with Gasteiger partial charge in [0.05, 0.1) is 46.0 Å². The molecule has 2 aromatic carbocycles. The molecule has 1 fully saturated rings. The first-order valence-electron chi connectivity index (χ1n) is 12.9. The summed E-state index contributed by atoms with van der Waals surface area (Å²) in [7, 11) is 1.55. The molecule has 0 bridgehead atoms. The van der Waals surface area contributed by atoms with Gasteiger partial charge in [0.15, 0.2) is 0 Å². The van der Waals surface area contributed by atoms with Crippen LogP contribution in [0.5, 0.6) is 5.75 Å². The number of pyridine rings is 1. The van der Waals surface area contributed by atoms with E-state index in [0.29, 0.717) is 64.6 Å². The number of rotatable bonds is 6. The van der Waals surface area contributed by atoms with Crippen molar-refractivity contribution in [2.24, 2.45) is 0 Å². The summed E-state index contributed by atoms with van der Waals surface area (Å²) in [6.45, 7) is 6.36. The van der Waals surface area contributed by atoms with Crippen LogP contribution in [0.4, 0.5) is 0 Å². The predicted octanol–water partition coefficient (Wildman–Crippen LogP) is 5.47. The number of nitrogens with one attached hydrogen (secondary N) is 1. The van der Waals surface area contributed by atoms with E-state index >= 15 is 0 Å². The zero-order valence-electron chi connectivity index (χ0n) is 22.4. The molecule has 206 valence electrons. The maximum atomic E-state index is 14.3. The van der Waals surface area contributed by atoms with E-state index in [9.17, 15) is 9.59 Å². The van der Waals surface area contributed by atoms with Crippen LogP contribution in [0.3, 0.4) is 0 Å². The van der Waals surface area contributed by atoms with E-state index in [1.54, 1.807) is 65.4 Å². The quantitative estimate of drug-likeness (QED) is 0.328. The van der Waals surface area contributed by atoms with Crippen molar-refractivity contribution in [3.05, 3.63) is 98.0 Å². The van der Waals surface area contributed by atoms with Crippen molar-refractivity contribution in [3.8, 4) is 28.4 Å². The van der Waals surface area contributed by atoms with Gasteiger partial charge in [0.25, 0.3) is 11.5 Å². The topological polar surface area (TPSA) is 81.4 Å². The lowest BCUT2D eigenvalue weighted by molar-refractivity contribution is 0.0735. The van der Waals surface area contributed by atoms with E-state index in [-0.39, 0.29) is 17.0 Å². The van der Waals surface area contributed by atoms with E-state index in [4.69, 9.17) is 27.9 Å². The minimum Gasteiger partial charge on any atom is -0.497 e. The average molecular weight is 579 g/mol. The molecule has 1 N–H and O–H groups in total. The number of nitrogens with zero attached hydrogens (tertiary/aromatic N) is 4. The second-order valence-corrected chi connectivity index (χ2v) is 10.5. The lowest BCUT2D eigenvalue weighted by Gasteiger charge is -2.29. The second-order valence-electron chi connectivity index (χ2n) is 9.70. The van der Waals surface area contributed by atoms with Crippen molar-refractivity contribution in [2.45, 2.75) is 13.8 Å². The molecular weight excluding hydrogens is 549 g/mol. The normalized spacial score (nSPS) is 13.3. The molecule has 0 spiro atoms. The monoisotopic (exact) mass is 577 g/mol. The molecule has 0 aliphatic carbocycles. The number of amides is 1. The van der Waals surface area contributed by atoms with Crippen LogP contribution in [0.15, 0.2) is 71.2 Å². The first kappa shape index (κ1) is 27.7. The molecule has 0 saturated carbocycles. The highest BCUT2D eigenvalue weighted by atomic mass is 35.5. The Morgan fingerprint density at radius 1 is 1.02 bits per heavy atom. The molecule has 2 aromatic heterocycles. The minimum absolute atomic E-state index is 0.167. The van der Waals surface area contributed by atoms with Crippen LogP contribution < -0.4 is 15.6 Å². The zero-order chi connectivity index (χ0) is 28.4. The van der Waals surface area contributed by atoms with Crippen LogP contribution in [0.25, 0.3) is 28.7 Å². The summed E-state index contributed by atoms with van der Waals surface area (Å²) in [4.78, 5) is 30.1. The molecule has 8 nitrogen and oxygen atoms in total. The highest BCUT2D eigenvalue weighted by Crippen LogP contribution is 2.30. The predicted molar refractivity (Wildman–Crippen MR) is 159 cm³/mol. The first-order chi connectivity index (χ1) is 19.3. The molecule has 4 aromatic rings. The third kappa shape index (κ3) is 5.56. The maximum absolute atomic E-state index is 14.3. The Hall–Kier alpha value is -3.85. The van der Waals surface area contributed by atoms with Gasteiger partial charge in [0.1, 0.15) is 5.75 Å².